The van der Waals surface area contributed by atoms with Crippen molar-refractivity contribution in [2.75, 3.05) is 0 Å². The van der Waals surface area contributed by atoms with Crippen molar-refractivity contribution in [1.29, 1.82) is 0 Å². The third-order valence-corrected chi connectivity index (χ3v) is 9.07. The second kappa shape index (κ2) is 24.0. The molecule has 0 unspecified atom stereocenters. The van der Waals surface area contributed by atoms with Gasteiger partial charge in [-0.15, -0.1) is 0 Å². The Morgan fingerprint density at radius 3 is 1.46 bits per heavy atom. The first-order valence-electron chi connectivity index (χ1n) is 19.5. The first kappa shape index (κ1) is 49.0. The number of rotatable bonds is 22. The molecule has 0 fully saturated rings. The number of carbonyl (C=O) groups excluding carboxylic acids is 7. The molecule has 0 saturated carbocycles. The Kier molecular flexibility index (Phi) is 19.9. The van der Waals surface area contributed by atoms with Gasteiger partial charge in [-0.05, 0) is 50.2 Å². The molecule has 59 heavy (non-hydrogen) atoms. The molecule has 0 aliphatic rings. The van der Waals surface area contributed by atoms with E-state index in [1.165, 1.54) is 33.8 Å². The average Bonchev–Trinajstić information content (AvgIpc) is 3.16. The molecule has 2 aromatic rings. The summed E-state index contributed by atoms with van der Waals surface area (Å²) in [6.07, 6.45) is -0.0468. The lowest BCUT2D eigenvalue weighted by molar-refractivity contribution is -0.137. The molecule has 17 heteroatoms. The predicted molar refractivity (Wildman–Crippen MR) is 219 cm³/mol. The number of aliphatic carboxylic acids is 1. The lowest BCUT2D eigenvalue weighted by atomic mass is 9.99. The Morgan fingerprint density at radius 1 is 0.576 bits per heavy atom. The molecule has 322 valence electrons. The highest BCUT2D eigenvalue weighted by Gasteiger charge is 2.35. The molecule has 0 aliphatic carbocycles. The maximum Gasteiger partial charge on any atom is 0.352 e. The number of carbonyl (C=O) groups is 8. The van der Waals surface area contributed by atoms with Crippen molar-refractivity contribution in [2.24, 2.45) is 11.8 Å². The van der Waals surface area contributed by atoms with Crippen molar-refractivity contribution >= 4 is 47.3 Å². The average molecular weight is 822 g/mol. The quantitative estimate of drug-likeness (QED) is 0.0748. The molecule has 7 amide bonds. The minimum absolute atomic E-state index is 0.0504. The number of aliphatic hydroxyl groups is 1. The van der Waals surface area contributed by atoms with Crippen molar-refractivity contribution in [3.8, 4) is 0 Å². The molecule has 0 saturated heterocycles. The van der Waals surface area contributed by atoms with Gasteiger partial charge >= 0.3 is 5.97 Å². The van der Waals surface area contributed by atoms with Crippen LogP contribution in [0.4, 0.5) is 0 Å². The molecule has 0 radical (unpaired) electrons. The van der Waals surface area contributed by atoms with Gasteiger partial charge in [-0.1, -0.05) is 94.4 Å². The fourth-order valence-corrected chi connectivity index (χ4v) is 5.91. The van der Waals surface area contributed by atoms with E-state index in [4.69, 9.17) is 0 Å². The summed E-state index contributed by atoms with van der Waals surface area (Å²) >= 11 is 0. The number of allylic oxidation sites excluding steroid dienone is 1. The van der Waals surface area contributed by atoms with E-state index in [-0.39, 0.29) is 25.2 Å². The number of hydrogen-bond donors (Lipinski definition) is 9. The van der Waals surface area contributed by atoms with E-state index in [1.54, 1.807) is 68.4 Å². The molecule has 0 bridgehead atoms. The van der Waals surface area contributed by atoms with Gasteiger partial charge in [-0.25, -0.2) is 4.79 Å². The molecule has 9 N–H and O–H groups in total. The lowest BCUT2D eigenvalue weighted by Gasteiger charge is -2.29. The number of amides is 7. The zero-order valence-electron chi connectivity index (χ0n) is 34.8. The first-order chi connectivity index (χ1) is 27.7. The molecule has 2 rings (SSSR count). The van der Waals surface area contributed by atoms with Crippen LogP contribution in [-0.2, 0) is 51.2 Å². The van der Waals surface area contributed by atoms with Crippen LogP contribution >= 0.6 is 0 Å². The molecule has 17 nitrogen and oxygen atoms in total. The summed E-state index contributed by atoms with van der Waals surface area (Å²) in [6.45, 7) is 12.2. The zero-order chi connectivity index (χ0) is 44.4. The lowest BCUT2D eigenvalue weighted by Crippen LogP contribution is -2.62. The Hall–Kier alpha value is -6.10. The molecule has 2 aromatic carbocycles. The van der Waals surface area contributed by atoms with Gasteiger partial charge in [-0.2, -0.15) is 0 Å². The summed E-state index contributed by atoms with van der Waals surface area (Å²) in [4.78, 5) is 105. The van der Waals surface area contributed by atoms with E-state index in [2.05, 4.69) is 37.2 Å². The SMILES string of the molecule is C/C=C(\NC(=O)[C@H](C)NC(=O)[C@@H](NC(=O)[C@H](NC(=O)[C@H](Cc1ccccc1)NC(=O)[C@@H](CC(C)C)NC(=O)[C@@H](Cc1ccccc1)NC(C)=O)[C@@H](C)O)C(C)C)C(=O)O. The fraction of sp³-hybridized carbons (Fsp3) is 0.476. The predicted octanol–water partition coefficient (Wildman–Crippen LogP) is 0.608. The highest BCUT2D eigenvalue weighted by atomic mass is 16.4. The van der Waals surface area contributed by atoms with E-state index in [9.17, 15) is 48.6 Å². The summed E-state index contributed by atoms with van der Waals surface area (Å²) in [7, 11) is 0. The highest BCUT2D eigenvalue weighted by Crippen LogP contribution is 2.11. The Morgan fingerprint density at radius 2 is 1.02 bits per heavy atom. The van der Waals surface area contributed by atoms with Crippen LogP contribution in [0.25, 0.3) is 0 Å². The third kappa shape index (κ3) is 16.7. The van der Waals surface area contributed by atoms with Crippen molar-refractivity contribution in [2.45, 2.75) is 117 Å². The summed E-state index contributed by atoms with van der Waals surface area (Å²) < 4.78 is 0. The Labute approximate surface area is 344 Å². The summed E-state index contributed by atoms with van der Waals surface area (Å²) in [5, 5.41) is 37.7. The number of carboxylic acids is 1. The van der Waals surface area contributed by atoms with Gasteiger partial charge in [0.05, 0.1) is 6.10 Å². The third-order valence-electron chi connectivity index (χ3n) is 9.07. The number of carboxylic acid groups (broad SMARTS) is 1. The van der Waals surface area contributed by atoms with Gasteiger partial charge in [0.2, 0.25) is 41.4 Å². The van der Waals surface area contributed by atoms with Gasteiger partial charge in [0, 0.05) is 19.8 Å². The van der Waals surface area contributed by atoms with Crippen LogP contribution in [0.3, 0.4) is 0 Å². The monoisotopic (exact) mass is 821 g/mol. The molecule has 7 atom stereocenters. The molecular formula is C42H59N7O10. The minimum atomic E-state index is -1.62. The van der Waals surface area contributed by atoms with E-state index >= 15 is 0 Å². The number of hydrogen-bond acceptors (Lipinski definition) is 9. The van der Waals surface area contributed by atoms with Crippen LogP contribution in [0.1, 0.15) is 72.9 Å². The molecule has 0 heterocycles. The van der Waals surface area contributed by atoms with E-state index in [0.29, 0.717) is 5.56 Å². The van der Waals surface area contributed by atoms with Crippen LogP contribution in [0, 0.1) is 11.8 Å². The van der Waals surface area contributed by atoms with Crippen molar-refractivity contribution in [3.63, 3.8) is 0 Å². The molecule has 0 aromatic heterocycles. The van der Waals surface area contributed by atoms with Gasteiger partial charge in [0.15, 0.2) is 0 Å². The second-order valence-corrected chi connectivity index (χ2v) is 15.1. The van der Waals surface area contributed by atoms with Gasteiger partial charge in [-0.3, -0.25) is 33.6 Å². The number of nitrogens with one attached hydrogen (secondary N) is 7. The normalized spacial score (nSPS) is 14.9. The topological polar surface area (TPSA) is 261 Å². The van der Waals surface area contributed by atoms with Crippen molar-refractivity contribution in [3.05, 3.63) is 83.6 Å². The fourth-order valence-electron chi connectivity index (χ4n) is 5.91. The van der Waals surface area contributed by atoms with E-state index in [0.717, 1.165) is 5.56 Å². The maximum absolute atomic E-state index is 14.0. The summed E-state index contributed by atoms with van der Waals surface area (Å²) in [6, 6.07) is 10.2. The highest BCUT2D eigenvalue weighted by molar-refractivity contribution is 5.98. The second-order valence-electron chi connectivity index (χ2n) is 15.1. The molecule has 0 spiro atoms. The standard InChI is InChI=1S/C42H59N7O10/c1-9-30(42(58)59)45-36(52)25(6)43-40(56)34(24(4)5)48-41(57)35(26(7)50)49-39(55)33(22-29-18-14-11-15-19-29)47-37(53)31(20-23(2)3)46-38(54)32(44-27(8)51)21-28-16-12-10-13-17-28/h9-19,23-26,31-35,50H,20-22H2,1-8H3,(H,43,56)(H,44,51)(H,45,52)(H,46,54)(H,47,53)(H,48,57)(H,49,55)(H,58,59)/b30-9-/t25-,26+,31+,32+,33-,34-,35+/m0/s1. The number of benzene rings is 2. The minimum Gasteiger partial charge on any atom is -0.477 e. The van der Waals surface area contributed by atoms with Crippen LogP contribution in [-0.4, -0.2) is 99.9 Å². The first-order valence-corrected chi connectivity index (χ1v) is 19.5. The zero-order valence-corrected chi connectivity index (χ0v) is 34.8. The van der Waals surface area contributed by atoms with Gasteiger partial charge < -0.3 is 47.4 Å². The molecule has 0 aliphatic heterocycles. The maximum atomic E-state index is 14.0. The van der Waals surface area contributed by atoms with Gasteiger partial charge in [0.1, 0.15) is 41.9 Å². The largest absolute Gasteiger partial charge is 0.477 e. The van der Waals surface area contributed by atoms with Crippen LogP contribution < -0.4 is 37.2 Å². The van der Waals surface area contributed by atoms with Crippen molar-refractivity contribution in [1.82, 2.24) is 37.2 Å². The van der Waals surface area contributed by atoms with Crippen LogP contribution in [0.15, 0.2) is 72.4 Å². The van der Waals surface area contributed by atoms with E-state index in [1.807, 2.05) is 19.9 Å². The van der Waals surface area contributed by atoms with E-state index < -0.39 is 101 Å². The van der Waals surface area contributed by atoms with Gasteiger partial charge in [0.25, 0.3) is 0 Å². The molecular weight excluding hydrogens is 763 g/mol. The summed E-state index contributed by atoms with van der Waals surface area (Å²) in [5.74, 6) is -7.20. The van der Waals surface area contributed by atoms with Crippen LogP contribution in [0.5, 0.6) is 0 Å². The van der Waals surface area contributed by atoms with Crippen molar-refractivity contribution < 1.29 is 48.6 Å². The van der Waals surface area contributed by atoms with Crippen LogP contribution in [0.2, 0.25) is 0 Å². The number of aliphatic hydroxyl groups excluding tert-OH is 1. The smallest absolute Gasteiger partial charge is 0.352 e. The Bertz CT molecular complexity index is 1800. The Balaban J connectivity index is 2.33. The summed E-state index contributed by atoms with van der Waals surface area (Å²) in [5.41, 5.74) is 1.03.